The van der Waals surface area contributed by atoms with Gasteiger partial charge in [0.1, 0.15) is 6.54 Å². The third-order valence-electron chi connectivity index (χ3n) is 5.19. The van der Waals surface area contributed by atoms with E-state index in [0.717, 1.165) is 44.9 Å². The molecule has 2 aromatic carbocycles. The number of rotatable bonds is 6. The number of carbonyl (C=O) groups excluding carboxylic acids is 1. The zero-order valence-corrected chi connectivity index (χ0v) is 19.4. The molecule has 0 aliphatic rings. The van der Waals surface area contributed by atoms with Gasteiger partial charge >= 0.3 is 5.97 Å². The van der Waals surface area contributed by atoms with Crippen LogP contribution in [0.25, 0.3) is 32.9 Å². The molecule has 0 radical (unpaired) electrons. The molecule has 1 N–H and O–H groups in total. The lowest BCUT2D eigenvalue weighted by Gasteiger charge is -2.10. The van der Waals surface area contributed by atoms with E-state index in [9.17, 15) is 13.2 Å². The predicted molar refractivity (Wildman–Crippen MR) is 128 cm³/mol. The molecule has 4 aromatic rings. The Morgan fingerprint density at radius 1 is 1.16 bits per heavy atom. The van der Waals surface area contributed by atoms with Crippen LogP contribution in [0.1, 0.15) is 12.6 Å². The van der Waals surface area contributed by atoms with Crippen LogP contribution in [0, 0.1) is 6.92 Å². The lowest BCUT2D eigenvalue weighted by Crippen LogP contribution is -2.14. The Labute approximate surface area is 191 Å². The number of halogens is 1. The van der Waals surface area contributed by atoms with E-state index in [2.05, 4.69) is 9.71 Å². The van der Waals surface area contributed by atoms with Crippen molar-refractivity contribution in [3.05, 3.63) is 59.4 Å². The SMILES string of the molecule is CCOC(=O)Cn1c(C)c(-c2ccnc3cc(Cl)ccc23)c2cc(NS(C)(=O)=O)ccc21. The van der Waals surface area contributed by atoms with Gasteiger partial charge in [0.25, 0.3) is 0 Å². The Morgan fingerprint density at radius 3 is 2.66 bits per heavy atom. The molecule has 2 aromatic heterocycles. The number of pyridine rings is 1. The van der Waals surface area contributed by atoms with E-state index in [4.69, 9.17) is 16.3 Å². The second kappa shape index (κ2) is 8.44. The first-order valence-electron chi connectivity index (χ1n) is 9.99. The van der Waals surface area contributed by atoms with Crippen LogP contribution in [0.2, 0.25) is 5.02 Å². The number of fused-ring (bicyclic) bond motifs is 2. The smallest absolute Gasteiger partial charge is 0.325 e. The average Bonchev–Trinajstić information content (AvgIpc) is 2.97. The number of hydrogen-bond acceptors (Lipinski definition) is 5. The van der Waals surface area contributed by atoms with Crippen molar-refractivity contribution in [1.29, 1.82) is 0 Å². The summed E-state index contributed by atoms with van der Waals surface area (Å²) in [4.78, 5) is 16.7. The standard InChI is InChI=1S/C23H22ClN3O4S/c1-4-31-22(28)13-27-14(2)23(18-9-10-25-20-11-15(24)5-7-17(18)20)19-12-16(6-8-21(19)27)26-32(3,29)30/h5-12,26H,4,13H2,1-3H3. The fourth-order valence-corrected chi connectivity index (χ4v) is 4.70. The first-order chi connectivity index (χ1) is 15.2. The molecular weight excluding hydrogens is 450 g/mol. The number of aromatic nitrogens is 2. The summed E-state index contributed by atoms with van der Waals surface area (Å²) in [7, 11) is -3.45. The number of ether oxygens (including phenoxy) is 1. The number of esters is 1. The third kappa shape index (κ3) is 4.28. The molecule has 0 fully saturated rings. The molecule has 4 rings (SSSR count). The summed E-state index contributed by atoms with van der Waals surface area (Å²) in [5, 5.41) is 2.29. The highest BCUT2D eigenvalue weighted by Gasteiger charge is 2.20. The molecule has 0 aliphatic carbocycles. The fourth-order valence-electron chi connectivity index (χ4n) is 3.98. The van der Waals surface area contributed by atoms with E-state index in [0.29, 0.717) is 17.3 Å². The van der Waals surface area contributed by atoms with Crippen LogP contribution in [-0.2, 0) is 26.1 Å². The minimum absolute atomic E-state index is 0.0455. The fraction of sp³-hybridized carbons (Fsp3) is 0.217. The molecule has 2 heterocycles. The van der Waals surface area contributed by atoms with E-state index in [1.165, 1.54) is 0 Å². The highest BCUT2D eigenvalue weighted by Crippen LogP contribution is 2.39. The lowest BCUT2D eigenvalue weighted by molar-refractivity contribution is -0.143. The maximum Gasteiger partial charge on any atom is 0.325 e. The number of hydrogen-bond donors (Lipinski definition) is 1. The third-order valence-corrected chi connectivity index (χ3v) is 6.03. The van der Waals surface area contributed by atoms with Gasteiger partial charge in [0.05, 0.1) is 18.4 Å². The molecule has 0 saturated heterocycles. The van der Waals surface area contributed by atoms with Crippen molar-refractivity contribution in [2.45, 2.75) is 20.4 Å². The highest BCUT2D eigenvalue weighted by molar-refractivity contribution is 7.92. The maximum absolute atomic E-state index is 12.3. The van der Waals surface area contributed by atoms with E-state index in [-0.39, 0.29) is 12.5 Å². The molecule has 0 amide bonds. The van der Waals surface area contributed by atoms with Gasteiger partial charge in [-0.25, -0.2) is 8.42 Å². The van der Waals surface area contributed by atoms with E-state index in [1.807, 2.05) is 23.6 Å². The quantitative estimate of drug-likeness (QED) is 0.410. The van der Waals surface area contributed by atoms with Gasteiger partial charge in [-0.3, -0.25) is 14.5 Å². The molecule has 0 unspecified atom stereocenters. The normalized spacial score (nSPS) is 11.8. The number of benzene rings is 2. The van der Waals surface area contributed by atoms with Crippen LogP contribution < -0.4 is 4.72 Å². The van der Waals surface area contributed by atoms with Crippen LogP contribution >= 0.6 is 11.6 Å². The molecule has 32 heavy (non-hydrogen) atoms. The summed E-state index contributed by atoms with van der Waals surface area (Å²) in [6.07, 6.45) is 2.82. The Balaban J connectivity index is 2.01. The van der Waals surface area contributed by atoms with Gasteiger partial charge in [0.2, 0.25) is 10.0 Å². The van der Waals surface area contributed by atoms with Gasteiger partial charge in [0, 0.05) is 44.5 Å². The average molecular weight is 472 g/mol. The van der Waals surface area contributed by atoms with Gasteiger partial charge in [0.15, 0.2) is 0 Å². The Hall–Kier alpha value is -3.10. The lowest BCUT2D eigenvalue weighted by atomic mass is 9.98. The Kier molecular flexibility index (Phi) is 5.83. The number of nitrogens with one attached hydrogen (secondary N) is 1. The van der Waals surface area contributed by atoms with Gasteiger partial charge in [-0.1, -0.05) is 17.7 Å². The van der Waals surface area contributed by atoms with E-state index >= 15 is 0 Å². The predicted octanol–water partition coefficient (Wildman–Crippen LogP) is 4.75. The first kappa shape index (κ1) is 22.1. The summed E-state index contributed by atoms with van der Waals surface area (Å²) < 4.78 is 33.2. The monoisotopic (exact) mass is 471 g/mol. The van der Waals surface area contributed by atoms with Crippen LogP contribution in [-0.4, -0.2) is 36.8 Å². The van der Waals surface area contributed by atoms with E-state index < -0.39 is 10.0 Å². The second-order valence-electron chi connectivity index (χ2n) is 7.48. The van der Waals surface area contributed by atoms with Crippen molar-refractivity contribution in [3.63, 3.8) is 0 Å². The number of carbonyl (C=O) groups is 1. The van der Waals surface area contributed by atoms with Crippen molar-refractivity contribution < 1.29 is 17.9 Å². The zero-order valence-electron chi connectivity index (χ0n) is 17.8. The van der Waals surface area contributed by atoms with Crippen molar-refractivity contribution in [2.75, 3.05) is 17.6 Å². The van der Waals surface area contributed by atoms with Gasteiger partial charge in [-0.05, 0) is 55.8 Å². The molecular formula is C23H22ClN3O4S. The van der Waals surface area contributed by atoms with Gasteiger partial charge in [-0.2, -0.15) is 0 Å². The minimum atomic E-state index is -3.45. The topological polar surface area (TPSA) is 90.3 Å². The molecule has 7 nitrogen and oxygen atoms in total. The van der Waals surface area contributed by atoms with Gasteiger partial charge < -0.3 is 9.30 Å². The first-order valence-corrected chi connectivity index (χ1v) is 12.3. The molecule has 0 aliphatic heterocycles. The molecule has 0 spiro atoms. The molecule has 0 bridgehead atoms. The maximum atomic E-state index is 12.3. The molecule has 0 atom stereocenters. The summed E-state index contributed by atoms with van der Waals surface area (Å²) in [6.45, 7) is 4.04. The summed E-state index contributed by atoms with van der Waals surface area (Å²) in [5.41, 5.74) is 4.63. The van der Waals surface area contributed by atoms with Crippen LogP contribution in [0.3, 0.4) is 0 Å². The molecule has 166 valence electrons. The zero-order chi connectivity index (χ0) is 23.0. The summed E-state index contributed by atoms with van der Waals surface area (Å²) in [5.74, 6) is -0.344. The van der Waals surface area contributed by atoms with Crippen LogP contribution in [0.4, 0.5) is 5.69 Å². The van der Waals surface area contributed by atoms with Crippen LogP contribution in [0.15, 0.2) is 48.7 Å². The molecule has 9 heteroatoms. The number of sulfonamides is 1. The highest BCUT2D eigenvalue weighted by atomic mass is 35.5. The van der Waals surface area contributed by atoms with Crippen LogP contribution in [0.5, 0.6) is 0 Å². The number of anilines is 1. The van der Waals surface area contributed by atoms with Crippen molar-refractivity contribution in [1.82, 2.24) is 9.55 Å². The van der Waals surface area contributed by atoms with Crippen molar-refractivity contribution in [2.24, 2.45) is 0 Å². The van der Waals surface area contributed by atoms with Crippen molar-refractivity contribution >= 4 is 55.1 Å². The summed E-state index contributed by atoms with van der Waals surface area (Å²) in [6, 6.07) is 12.7. The second-order valence-corrected chi connectivity index (χ2v) is 9.66. The summed E-state index contributed by atoms with van der Waals surface area (Å²) >= 11 is 6.16. The molecule has 0 saturated carbocycles. The number of nitrogens with zero attached hydrogens (tertiary/aromatic N) is 2. The van der Waals surface area contributed by atoms with Gasteiger partial charge in [-0.15, -0.1) is 0 Å². The Morgan fingerprint density at radius 2 is 1.94 bits per heavy atom. The largest absolute Gasteiger partial charge is 0.465 e. The van der Waals surface area contributed by atoms with E-state index in [1.54, 1.807) is 43.5 Å². The van der Waals surface area contributed by atoms with Crippen molar-refractivity contribution in [3.8, 4) is 11.1 Å². The Bertz CT molecular complexity index is 1460. The minimum Gasteiger partial charge on any atom is -0.465 e.